The second-order valence-electron chi connectivity index (χ2n) is 7.26. The first kappa shape index (κ1) is 22.3. The van der Waals surface area contributed by atoms with Crippen molar-refractivity contribution in [2.75, 3.05) is 11.9 Å². The molecule has 12 heteroatoms. The number of hydrogen-bond acceptors (Lipinski definition) is 6. The van der Waals surface area contributed by atoms with Crippen LogP contribution in [0.2, 0.25) is 4.34 Å². The van der Waals surface area contributed by atoms with Gasteiger partial charge < -0.3 is 5.32 Å². The number of aromatic nitrogens is 2. The van der Waals surface area contributed by atoms with Crippen molar-refractivity contribution >= 4 is 49.0 Å². The molecule has 4 rings (SSSR count). The highest BCUT2D eigenvalue weighted by atomic mass is 35.5. The van der Waals surface area contributed by atoms with E-state index in [9.17, 15) is 21.6 Å². The maximum Gasteiger partial charge on any atom is 0.511 e. The average molecular weight is 491 g/mol. The normalized spacial score (nSPS) is 20.8. The van der Waals surface area contributed by atoms with Gasteiger partial charge in [0.05, 0.1) is 9.72 Å². The predicted octanol–water partition coefficient (Wildman–Crippen LogP) is 4.68. The molecule has 2 aromatic heterocycles. The molecule has 0 bridgehead atoms. The van der Waals surface area contributed by atoms with Crippen molar-refractivity contribution in [3.63, 3.8) is 0 Å². The molecule has 0 radical (unpaired) electrons. The maximum absolute atomic E-state index is 13.3. The van der Waals surface area contributed by atoms with Crippen molar-refractivity contribution in [3.8, 4) is 0 Å². The Morgan fingerprint density at radius 2 is 1.97 bits per heavy atom. The van der Waals surface area contributed by atoms with E-state index in [0.29, 0.717) is 19.3 Å². The van der Waals surface area contributed by atoms with Crippen molar-refractivity contribution in [2.45, 2.75) is 36.9 Å². The standard InChI is InChI=1S/C19H18ClF3N4O2S2/c20-16-10-15-17(24-11-25-18(15)30-16)26-13-6-7-27(31(28,29)19(21,22)23)14(9-13)8-12-4-2-1-3-5-12/h1-5,10-11,13-14H,6-9H2,(H,24,25,26). The fraction of sp³-hybridized carbons (Fsp3) is 0.368. The van der Waals surface area contributed by atoms with Gasteiger partial charge in [-0.25, -0.2) is 18.4 Å². The number of benzene rings is 1. The van der Waals surface area contributed by atoms with Crippen LogP contribution in [0.1, 0.15) is 18.4 Å². The number of anilines is 1. The molecule has 31 heavy (non-hydrogen) atoms. The third-order valence-electron chi connectivity index (χ3n) is 5.22. The van der Waals surface area contributed by atoms with Gasteiger partial charge in [0.1, 0.15) is 17.0 Å². The van der Waals surface area contributed by atoms with Crippen molar-refractivity contribution in [1.29, 1.82) is 0 Å². The quantitative estimate of drug-likeness (QED) is 0.562. The second-order valence-corrected chi connectivity index (χ2v) is 10.8. The molecule has 3 aromatic rings. The molecule has 1 N–H and O–H groups in total. The molecule has 1 aromatic carbocycles. The molecule has 1 saturated heterocycles. The summed E-state index contributed by atoms with van der Waals surface area (Å²) in [7, 11) is -5.43. The number of rotatable bonds is 5. The third-order valence-corrected chi connectivity index (χ3v) is 8.07. The Bertz CT molecular complexity index is 1170. The largest absolute Gasteiger partial charge is 0.511 e. The first-order valence-corrected chi connectivity index (χ1v) is 12.1. The van der Waals surface area contributed by atoms with Crippen LogP contribution in [-0.4, -0.2) is 46.8 Å². The van der Waals surface area contributed by atoms with Crippen LogP contribution < -0.4 is 5.32 Å². The first-order valence-electron chi connectivity index (χ1n) is 9.44. The van der Waals surface area contributed by atoms with Crippen molar-refractivity contribution in [1.82, 2.24) is 14.3 Å². The number of fused-ring (bicyclic) bond motifs is 1. The van der Waals surface area contributed by atoms with E-state index in [2.05, 4.69) is 15.3 Å². The number of sulfonamides is 1. The number of nitrogens with zero attached hydrogens (tertiary/aromatic N) is 3. The van der Waals surface area contributed by atoms with Crippen LogP contribution in [0.5, 0.6) is 0 Å². The maximum atomic E-state index is 13.3. The van der Waals surface area contributed by atoms with Crippen molar-refractivity contribution < 1.29 is 21.6 Å². The summed E-state index contributed by atoms with van der Waals surface area (Å²) in [5, 5.41) is 3.98. The third kappa shape index (κ3) is 4.64. The summed E-state index contributed by atoms with van der Waals surface area (Å²) in [6.07, 6.45) is 1.98. The van der Waals surface area contributed by atoms with E-state index in [-0.39, 0.29) is 31.8 Å². The van der Waals surface area contributed by atoms with Gasteiger partial charge in [0, 0.05) is 18.6 Å². The number of piperidine rings is 1. The zero-order valence-electron chi connectivity index (χ0n) is 16.0. The molecule has 166 valence electrons. The average Bonchev–Trinajstić information content (AvgIpc) is 3.09. The zero-order valence-corrected chi connectivity index (χ0v) is 18.4. The fourth-order valence-electron chi connectivity index (χ4n) is 3.82. The zero-order chi connectivity index (χ0) is 22.2. The molecular weight excluding hydrogens is 473 g/mol. The van der Waals surface area contributed by atoms with Gasteiger partial charge in [-0.2, -0.15) is 17.5 Å². The van der Waals surface area contributed by atoms with E-state index >= 15 is 0 Å². The molecule has 0 saturated carbocycles. The molecule has 0 aliphatic carbocycles. The number of alkyl halides is 3. The highest BCUT2D eigenvalue weighted by Crippen LogP contribution is 2.35. The van der Waals surface area contributed by atoms with E-state index in [4.69, 9.17) is 11.6 Å². The Labute approximate surface area is 186 Å². The summed E-state index contributed by atoms with van der Waals surface area (Å²) in [5.41, 5.74) is -4.57. The number of thiophene rings is 1. The minimum Gasteiger partial charge on any atom is -0.367 e. The summed E-state index contributed by atoms with van der Waals surface area (Å²) in [6.45, 7) is -0.240. The Kier molecular flexibility index (Phi) is 6.12. The molecule has 0 amide bonds. The van der Waals surface area contributed by atoms with Gasteiger partial charge in [0.25, 0.3) is 0 Å². The Balaban J connectivity index is 1.60. The smallest absolute Gasteiger partial charge is 0.367 e. The fourth-order valence-corrected chi connectivity index (χ4v) is 6.04. The van der Waals surface area contributed by atoms with Crippen LogP contribution >= 0.6 is 22.9 Å². The van der Waals surface area contributed by atoms with E-state index < -0.39 is 21.6 Å². The molecule has 6 nitrogen and oxygen atoms in total. The van der Waals surface area contributed by atoms with Crippen LogP contribution in [0, 0.1) is 0 Å². The molecular formula is C19H18ClF3N4O2S2. The highest BCUT2D eigenvalue weighted by Gasteiger charge is 2.53. The van der Waals surface area contributed by atoms with Crippen molar-refractivity contribution in [2.24, 2.45) is 0 Å². The van der Waals surface area contributed by atoms with Gasteiger partial charge in [-0.3, -0.25) is 0 Å². The molecule has 1 aliphatic rings. The van der Waals surface area contributed by atoms with Crippen LogP contribution in [0.25, 0.3) is 10.2 Å². The van der Waals surface area contributed by atoms with Gasteiger partial charge in [-0.15, -0.1) is 11.3 Å². The van der Waals surface area contributed by atoms with E-state index in [1.807, 2.05) is 0 Å². The predicted molar refractivity (Wildman–Crippen MR) is 115 cm³/mol. The van der Waals surface area contributed by atoms with Crippen LogP contribution in [0.3, 0.4) is 0 Å². The lowest BCUT2D eigenvalue weighted by molar-refractivity contribution is -0.0509. The minimum atomic E-state index is -5.43. The second kappa shape index (κ2) is 8.53. The van der Waals surface area contributed by atoms with Gasteiger partial charge in [0.2, 0.25) is 0 Å². The molecule has 0 spiro atoms. The first-order chi connectivity index (χ1) is 14.6. The Hall–Kier alpha value is -1.95. The molecule has 3 heterocycles. The minimum absolute atomic E-state index is 0.178. The van der Waals surface area contributed by atoms with Crippen molar-refractivity contribution in [3.05, 3.63) is 52.6 Å². The lowest BCUT2D eigenvalue weighted by Gasteiger charge is -2.39. The van der Waals surface area contributed by atoms with Crippen LogP contribution in [0.4, 0.5) is 19.0 Å². The van der Waals surface area contributed by atoms with Gasteiger partial charge in [-0.1, -0.05) is 41.9 Å². The number of halogens is 4. The van der Waals surface area contributed by atoms with Gasteiger partial charge in [0.15, 0.2) is 0 Å². The number of hydrogen-bond donors (Lipinski definition) is 1. The van der Waals surface area contributed by atoms with E-state index in [1.165, 1.54) is 17.7 Å². The molecule has 1 fully saturated rings. The molecule has 2 unspecified atom stereocenters. The highest BCUT2D eigenvalue weighted by molar-refractivity contribution is 7.90. The van der Waals surface area contributed by atoms with Crippen LogP contribution in [0.15, 0.2) is 42.7 Å². The Morgan fingerprint density at radius 1 is 1.23 bits per heavy atom. The van der Waals surface area contributed by atoms with E-state index in [1.54, 1.807) is 36.4 Å². The van der Waals surface area contributed by atoms with Gasteiger partial charge >= 0.3 is 15.5 Å². The monoisotopic (exact) mass is 490 g/mol. The summed E-state index contributed by atoms with van der Waals surface area (Å²) in [5.74, 6) is 0.531. The summed E-state index contributed by atoms with van der Waals surface area (Å²) < 4.78 is 65.4. The van der Waals surface area contributed by atoms with Gasteiger partial charge in [-0.05, 0) is 30.9 Å². The lowest BCUT2D eigenvalue weighted by atomic mass is 9.94. The lowest BCUT2D eigenvalue weighted by Crippen LogP contribution is -2.53. The molecule has 2 atom stereocenters. The summed E-state index contributed by atoms with van der Waals surface area (Å²) in [6, 6.07) is 9.52. The van der Waals surface area contributed by atoms with E-state index in [0.717, 1.165) is 10.9 Å². The molecule has 1 aliphatic heterocycles. The topological polar surface area (TPSA) is 75.2 Å². The van der Waals surface area contributed by atoms with Crippen LogP contribution in [-0.2, 0) is 16.4 Å². The number of nitrogens with one attached hydrogen (secondary N) is 1. The SMILES string of the molecule is O=S(=O)(N1CCC(Nc2ncnc3sc(Cl)cc23)CC1Cc1ccccc1)C(F)(F)F. The Morgan fingerprint density at radius 3 is 2.68 bits per heavy atom. The summed E-state index contributed by atoms with van der Waals surface area (Å²) >= 11 is 7.37. The summed E-state index contributed by atoms with van der Waals surface area (Å²) in [4.78, 5) is 9.11.